The zero-order valence-corrected chi connectivity index (χ0v) is 11.2. The van der Waals surface area contributed by atoms with Crippen LogP contribution in [0.15, 0.2) is 24.3 Å². The van der Waals surface area contributed by atoms with E-state index in [1.54, 1.807) is 0 Å². The SMILES string of the molecule is NCC1CCCC1C(=O)c1cccc(OC2CC2)c1. The van der Waals surface area contributed by atoms with Gasteiger partial charge in [0.2, 0.25) is 0 Å². The minimum atomic E-state index is 0.112. The van der Waals surface area contributed by atoms with Gasteiger partial charge in [0.05, 0.1) is 6.10 Å². The molecule has 0 radical (unpaired) electrons. The van der Waals surface area contributed by atoms with Crippen LogP contribution in [0.3, 0.4) is 0 Å². The van der Waals surface area contributed by atoms with Gasteiger partial charge in [0.15, 0.2) is 5.78 Å². The van der Waals surface area contributed by atoms with Crippen LogP contribution in [0.2, 0.25) is 0 Å². The number of carbonyl (C=O) groups excluding carboxylic acids is 1. The van der Waals surface area contributed by atoms with Gasteiger partial charge >= 0.3 is 0 Å². The summed E-state index contributed by atoms with van der Waals surface area (Å²) in [5.41, 5.74) is 6.55. The van der Waals surface area contributed by atoms with Crippen LogP contribution < -0.4 is 10.5 Å². The largest absolute Gasteiger partial charge is 0.490 e. The Hall–Kier alpha value is -1.35. The van der Waals surface area contributed by atoms with Crippen LogP contribution >= 0.6 is 0 Å². The highest BCUT2D eigenvalue weighted by molar-refractivity contribution is 5.98. The average Bonchev–Trinajstić information content (AvgIpc) is 3.11. The second-order valence-corrected chi connectivity index (χ2v) is 5.74. The van der Waals surface area contributed by atoms with Crippen LogP contribution in [0.4, 0.5) is 0 Å². The fraction of sp³-hybridized carbons (Fsp3) is 0.562. The minimum Gasteiger partial charge on any atom is -0.490 e. The average molecular weight is 259 g/mol. The normalized spacial score (nSPS) is 26.4. The molecule has 2 aliphatic rings. The Morgan fingerprint density at radius 3 is 2.84 bits per heavy atom. The van der Waals surface area contributed by atoms with Gasteiger partial charge in [-0.2, -0.15) is 0 Å². The molecule has 2 N–H and O–H groups in total. The first-order chi connectivity index (χ1) is 9.28. The lowest BCUT2D eigenvalue weighted by atomic mass is 9.88. The molecule has 3 nitrogen and oxygen atoms in total. The maximum absolute atomic E-state index is 12.6. The van der Waals surface area contributed by atoms with Crippen molar-refractivity contribution >= 4 is 5.78 Å². The highest BCUT2D eigenvalue weighted by atomic mass is 16.5. The third-order valence-corrected chi connectivity index (χ3v) is 4.24. The molecule has 0 aliphatic heterocycles. The molecule has 2 atom stereocenters. The Kier molecular flexibility index (Phi) is 3.56. The lowest BCUT2D eigenvalue weighted by Crippen LogP contribution is -2.25. The van der Waals surface area contributed by atoms with E-state index in [-0.39, 0.29) is 11.7 Å². The van der Waals surface area contributed by atoms with Crippen LogP contribution in [0.5, 0.6) is 5.75 Å². The summed E-state index contributed by atoms with van der Waals surface area (Å²) in [6, 6.07) is 7.64. The Balaban J connectivity index is 1.74. The van der Waals surface area contributed by atoms with Gasteiger partial charge in [-0.1, -0.05) is 18.6 Å². The van der Waals surface area contributed by atoms with Crippen molar-refractivity contribution in [1.82, 2.24) is 0 Å². The van der Waals surface area contributed by atoms with Gasteiger partial charge in [0.25, 0.3) is 0 Å². The third kappa shape index (κ3) is 2.81. The van der Waals surface area contributed by atoms with Crippen molar-refractivity contribution in [2.24, 2.45) is 17.6 Å². The lowest BCUT2D eigenvalue weighted by molar-refractivity contribution is 0.0893. The number of Topliss-reactive ketones (excluding diaryl/α,β-unsaturated/α-hetero) is 1. The molecule has 0 amide bonds. The van der Waals surface area contributed by atoms with E-state index in [1.165, 1.54) is 0 Å². The first kappa shape index (κ1) is 12.7. The zero-order valence-electron chi connectivity index (χ0n) is 11.2. The van der Waals surface area contributed by atoms with Gasteiger partial charge in [-0.05, 0) is 50.3 Å². The number of rotatable bonds is 5. The van der Waals surface area contributed by atoms with Gasteiger partial charge in [-0.3, -0.25) is 4.79 Å². The molecule has 0 bridgehead atoms. The minimum absolute atomic E-state index is 0.112. The molecule has 2 unspecified atom stereocenters. The molecule has 2 fully saturated rings. The molecular formula is C16H21NO2. The van der Waals surface area contributed by atoms with Crippen molar-refractivity contribution in [3.05, 3.63) is 29.8 Å². The van der Waals surface area contributed by atoms with Gasteiger partial charge in [-0.15, -0.1) is 0 Å². The smallest absolute Gasteiger partial charge is 0.166 e. The molecule has 0 saturated heterocycles. The zero-order chi connectivity index (χ0) is 13.2. The van der Waals surface area contributed by atoms with Crippen molar-refractivity contribution in [2.75, 3.05) is 6.54 Å². The Morgan fingerprint density at radius 1 is 1.26 bits per heavy atom. The maximum atomic E-state index is 12.6. The summed E-state index contributed by atoms with van der Waals surface area (Å²) in [6.07, 6.45) is 5.83. The number of nitrogens with two attached hydrogens (primary N) is 1. The summed E-state index contributed by atoms with van der Waals surface area (Å²) in [5, 5.41) is 0. The molecule has 0 aromatic heterocycles. The molecule has 0 heterocycles. The summed E-state index contributed by atoms with van der Waals surface area (Å²) >= 11 is 0. The number of benzene rings is 1. The number of carbonyl (C=O) groups is 1. The summed E-state index contributed by atoms with van der Waals surface area (Å²) in [7, 11) is 0. The first-order valence-electron chi connectivity index (χ1n) is 7.29. The Bertz CT molecular complexity index is 468. The van der Waals surface area contributed by atoms with Crippen LogP contribution in [-0.4, -0.2) is 18.4 Å². The quantitative estimate of drug-likeness (QED) is 0.827. The highest BCUT2D eigenvalue weighted by Crippen LogP contribution is 2.34. The van der Waals surface area contributed by atoms with E-state index < -0.39 is 0 Å². The van der Waals surface area contributed by atoms with Crippen molar-refractivity contribution in [2.45, 2.75) is 38.2 Å². The standard InChI is InChI=1S/C16H21NO2/c17-10-12-4-2-6-15(12)16(18)11-3-1-5-14(9-11)19-13-7-8-13/h1,3,5,9,12-13,15H,2,4,6-8,10,17H2. The number of hydrogen-bond acceptors (Lipinski definition) is 3. The lowest BCUT2D eigenvalue weighted by Gasteiger charge is -2.17. The Labute approximate surface area is 114 Å². The summed E-state index contributed by atoms with van der Waals surface area (Å²) in [5.74, 6) is 1.55. The maximum Gasteiger partial charge on any atom is 0.166 e. The molecule has 102 valence electrons. The van der Waals surface area contributed by atoms with Crippen molar-refractivity contribution in [3.63, 3.8) is 0 Å². The van der Waals surface area contributed by atoms with Crippen LogP contribution in [0, 0.1) is 11.8 Å². The van der Waals surface area contributed by atoms with E-state index in [4.69, 9.17) is 10.5 Å². The summed E-state index contributed by atoms with van der Waals surface area (Å²) < 4.78 is 5.76. The number of hydrogen-bond donors (Lipinski definition) is 1. The van der Waals surface area contributed by atoms with E-state index >= 15 is 0 Å². The molecule has 1 aromatic carbocycles. The topological polar surface area (TPSA) is 52.3 Å². The number of ether oxygens (including phenoxy) is 1. The van der Waals surface area contributed by atoms with Crippen LogP contribution in [-0.2, 0) is 0 Å². The van der Waals surface area contributed by atoms with E-state index in [1.807, 2.05) is 24.3 Å². The fourth-order valence-corrected chi connectivity index (χ4v) is 2.98. The second kappa shape index (κ2) is 5.33. The van der Waals surface area contributed by atoms with Crippen molar-refractivity contribution in [1.29, 1.82) is 0 Å². The van der Waals surface area contributed by atoms with Gasteiger partial charge < -0.3 is 10.5 Å². The fourth-order valence-electron chi connectivity index (χ4n) is 2.98. The predicted molar refractivity (Wildman–Crippen MR) is 74.3 cm³/mol. The van der Waals surface area contributed by atoms with E-state index in [9.17, 15) is 4.79 Å². The molecule has 1 aromatic rings. The molecule has 2 aliphatic carbocycles. The van der Waals surface area contributed by atoms with E-state index in [0.29, 0.717) is 18.6 Å². The molecule has 19 heavy (non-hydrogen) atoms. The highest BCUT2D eigenvalue weighted by Gasteiger charge is 2.32. The monoisotopic (exact) mass is 259 g/mol. The first-order valence-corrected chi connectivity index (χ1v) is 7.29. The van der Waals surface area contributed by atoms with Crippen LogP contribution in [0.1, 0.15) is 42.5 Å². The predicted octanol–water partition coefficient (Wildman–Crippen LogP) is 2.79. The van der Waals surface area contributed by atoms with Gasteiger partial charge in [0.1, 0.15) is 5.75 Å². The summed E-state index contributed by atoms with van der Waals surface area (Å²) in [4.78, 5) is 12.6. The van der Waals surface area contributed by atoms with Gasteiger partial charge in [0, 0.05) is 11.5 Å². The van der Waals surface area contributed by atoms with Crippen molar-refractivity contribution in [3.8, 4) is 5.75 Å². The molecule has 2 saturated carbocycles. The number of ketones is 1. The van der Waals surface area contributed by atoms with E-state index in [2.05, 4.69) is 0 Å². The molecular weight excluding hydrogens is 238 g/mol. The van der Waals surface area contributed by atoms with E-state index in [0.717, 1.165) is 43.4 Å². The van der Waals surface area contributed by atoms with Gasteiger partial charge in [-0.25, -0.2) is 0 Å². The van der Waals surface area contributed by atoms with Crippen molar-refractivity contribution < 1.29 is 9.53 Å². The summed E-state index contributed by atoms with van der Waals surface area (Å²) in [6.45, 7) is 0.620. The Morgan fingerprint density at radius 2 is 2.11 bits per heavy atom. The molecule has 3 heteroatoms. The third-order valence-electron chi connectivity index (χ3n) is 4.24. The second-order valence-electron chi connectivity index (χ2n) is 5.74. The molecule has 0 spiro atoms. The van der Waals surface area contributed by atoms with Crippen LogP contribution in [0.25, 0.3) is 0 Å². The molecule has 3 rings (SSSR count).